The van der Waals surface area contributed by atoms with E-state index in [9.17, 15) is 9.59 Å². The van der Waals surface area contributed by atoms with E-state index in [4.69, 9.17) is 21.7 Å². The minimum absolute atomic E-state index is 0.151. The fourth-order valence-electron chi connectivity index (χ4n) is 2.49. The molecule has 6 nitrogen and oxygen atoms in total. The zero-order valence-corrected chi connectivity index (χ0v) is 18.4. The number of benzene rings is 2. The van der Waals surface area contributed by atoms with Gasteiger partial charge in [0.15, 0.2) is 5.11 Å². The summed E-state index contributed by atoms with van der Waals surface area (Å²) >= 11 is 5.24. The number of amides is 1. The Morgan fingerprint density at radius 3 is 2.40 bits per heavy atom. The summed E-state index contributed by atoms with van der Waals surface area (Å²) in [5, 5.41) is 5.75. The Balaban J connectivity index is 1.93. The zero-order valence-electron chi connectivity index (χ0n) is 17.6. The van der Waals surface area contributed by atoms with E-state index in [1.165, 1.54) is 0 Å². The standard InChI is InChI=1S/C23H28N2O4S/c1-4-14-29-22(27)17-9-11-18(12-10-17)24-23(30)25-21(26)19-7-5-6-8-20(19)28-15-13-16(2)3/h5-12,16H,4,13-15H2,1-3H3,(H2,24,25,26,30). The second-order valence-electron chi connectivity index (χ2n) is 7.15. The molecule has 0 aliphatic carbocycles. The van der Waals surface area contributed by atoms with Crippen molar-refractivity contribution in [2.75, 3.05) is 18.5 Å². The van der Waals surface area contributed by atoms with Gasteiger partial charge in [-0.15, -0.1) is 0 Å². The molecule has 2 aromatic carbocycles. The van der Waals surface area contributed by atoms with Crippen molar-refractivity contribution in [3.05, 3.63) is 59.7 Å². The van der Waals surface area contributed by atoms with Gasteiger partial charge in [-0.05, 0) is 67.4 Å². The van der Waals surface area contributed by atoms with Gasteiger partial charge in [-0.3, -0.25) is 10.1 Å². The molecule has 0 radical (unpaired) electrons. The van der Waals surface area contributed by atoms with Gasteiger partial charge >= 0.3 is 5.97 Å². The Hall–Kier alpha value is -2.93. The van der Waals surface area contributed by atoms with Crippen LogP contribution in [-0.4, -0.2) is 30.2 Å². The predicted molar refractivity (Wildman–Crippen MR) is 122 cm³/mol. The first-order chi connectivity index (χ1) is 14.4. The van der Waals surface area contributed by atoms with Gasteiger partial charge in [0, 0.05) is 5.69 Å². The van der Waals surface area contributed by atoms with Crippen molar-refractivity contribution in [1.82, 2.24) is 5.32 Å². The summed E-state index contributed by atoms with van der Waals surface area (Å²) in [5.74, 6) is 0.316. The number of carbonyl (C=O) groups is 2. The van der Waals surface area contributed by atoms with Crippen LogP contribution in [0.2, 0.25) is 0 Å². The van der Waals surface area contributed by atoms with Crippen LogP contribution in [0.1, 0.15) is 54.3 Å². The SMILES string of the molecule is CCCOC(=O)c1ccc(NC(=S)NC(=O)c2ccccc2OCCC(C)C)cc1. The van der Waals surface area contributed by atoms with E-state index in [1.54, 1.807) is 42.5 Å². The third-order valence-electron chi connectivity index (χ3n) is 4.13. The molecule has 0 fully saturated rings. The monoisotopic (exact) mass is 428 g/mol. The molecule has 30 heavy (non-hydrogen) atoms. The molecular formula is C23H28N2O4S. The van der Waals surface area contributed by atoms with Crippen molar-refractivity contribution >= 4 is 34.9 Å². The number of thiocarbonyl (C=S) groups is 1. The van der Waals surface area contributed by atoms with Crippen LogP contribution in [0.3, 0.4) is 0 Å². The van der Waals surface area contributed by atoms with Crippen LogP contribution in [0.4, 0.5) is 5.69 Å². The number of para-hydroxylation sites is 1. The van der Waals surface area contributed by atoms with Gasteiger partial charge in [0.25, 0.3) is 5.91 Å². The van der Waals surface area contributed by atoms with Gasteiger partial charge in [-0.2, -0.15) is 0 Å². The molecule has 1 amide bonds. The molecule has 0 saturated heterocycles. The number of anilines is 1. The highest BCUT2D eigenvalue weighted by molar-refractivity contribution is 7.80. The molecule has 0 atom stereocenters. The molecule has 7 heteroatoms. The van der Waals surface area contributed by atoms with Crippen LogP contribution >= 0.6 is 12.2 Å². The first kappa shape index (κ1) is 23.3. The molecule has 2 N–H and O–H groups in total. The molecule has 160 valence electrons. The lowest BCUT2D eigenvalue weighted by Gasteiger charge is -2.14. The molecule has 0 aliphatic heterocycles. The van der Waals surface area contributed by atoms with Crippen molar-refractivity contribution < 1.29 is 19.1 Å². The number of nitrogens with one attached hydrogen (secondary N) is 2. The van der Waals surface area contributed by atoms with Crippen molar-refractivity contribution in [3.8, 4) is 5.75 Å². The van der Waals surface area contributed by atoms with Gasteiger partial charge in [-0.1, -0.05) is 32.9 Å². The number of hydrogen-bond donors (Lipinski definition) is 2. The fraction of sp³-hybridized carbons (Fsp3) is 0.348. The third-order valence-corrected chi connectivity index (χ3v) is 4.33. The fourth-order valence-corrected chi connectivity index (χ4v) is 2.70. The quantitative estimate of drug-likeness (QED) is 0.441. The Kier molecular flexibility index (Phi) is 9.28. The summed E-state index contributed by atoms with van der Waals surface area (Å²) in [6.07, 6.45) is 1.67. The van der Waals surface area contributed by atoms with Gasteiger partial charge < -0.3 is 14.8 Å². The van der Waals surface area contributed by atoms with E-state index in [2.05, 4.69) is 24.5 Å². The number of esters is 1. The van der Waals surface area contributed by atoms with Crippen LogP contribution < -0.4 is 15.4 Å². The summed E-state index contributed by atoms with van der Waals surface area (Å²) in [7, 11) is 0. The summed E-state index contributed by atoms with van der Waals surface area (Å²) in [6, 6.07) is 13.7. The first-order valence-corrected chi connectivity index (χ1v) is 10.4. The van der Waals surface area contributed by atoms with Gasteiger partial charge in [0.05, 0.1) is 24.3 Å². The molecular weight excluding hydrogens is 400 g/mol. The lowest BCUT2D eigenvalue weighted by Crippen LogP contribution is -2.34. The second kappa shape index (κ2) is 11.9. The Morgan fingerprint density at radius 1 is 1.03 bits per heavy atom. The number of carbonyl (C=O) groups excluding carboxylic acids is 2. The molecule has 2 aromatic rings. The number of rotatable bonds is 9. The van der Waals surface area contributed by atoms with Gasteiger partial charge in [0.1, 0.15) is 5.75 Å². The van der Waals surface area contributed by atoms with Crippen LogP contribution in [0, 0.1) is 5.92 Å². The topological polar surface area (TPSA) is 76.7 Å². The van der Waals surface area contributed by atoms with E-state index in [-0.39, 0.29) is 17.0 Å². The lowest BCUT2D eigenvalue weighted by atomic mass is 10.1. The van der Waals surface area contributed by atoms with E-state index in [0.717, 1.165) is 12.8 Å². The van der Waals surface area contributed by atoms with Crippen molar-refractivity contribution in [2.45, 2.75) is 33.6 Å². The summed E-state index contributed by atoms with van der Waals surface area (Å²) in [5.41, 5.74) is 1.52. The molecule has 0 bridgehead atoms. The van der Waals surface area contributed by atoms with Crippen LogP contribution in [0.5, 0.6) is 5.75 Å². The summed E-state index contributed by atoms with van der Waals surface area (Å²) in [4.78, 5) is 24.5. The van der Waals surface area contributed by atoms with Crippen LogP contribution in [-0.2, 0) is 4.74 Å². The molecule has 0 aliphatic rings. The largest absolute Gasteiger partial charge is 0.493 e. The Labute approximate surface area is 183 Å². The lowest BCUT2D eigenvalue weighted by molar-refractivity contribution is 0.0505. The van der Waals surface area contributed by atoms with E-state index in [0.29, 0.717) is 41.7 Å². The molecule has 0 unspecified atom stereocenters. The van der Waals surface area contributed by atoms with E-state index < -0.39 is 0 Å². The van der Waals surface area contributed by atoms with Gasteiger partial charge in [0.2, 0.25) is 0 Å². The minimum Gasteiger partial charge on any atom is -0.493 e. The second-order valence-corrected chi connectivity index (χ2v) is 7.56. The minimum atomic E-state index is -0.367. The van der Waals surface area contributed by atoms with Crippen molar-refractivity contribution in [1.29, 1.82) is 0 Å². The molecule has 0 heterocycles. The average molecular weight is 429 g/mol. The maximum Gasteiger partial charge on any atom is 0.338 e. The van der Waals surface area contributed by atoms with Crippen LogP contribution in [0.25, 0.3) is 0 Å². The Bertz CT molecular complexity index is 866. The van der Waals surface area contributed by atoms with E-state index >= 15 is 0 Å². The highest BCUT2D eigenvalue weighted by Gasteiger charge is 2.14. The average Bonchev–Trinajstić information content (AvgIpc) is 2.72. The summed E-state index contributed by atoms with van der Waals surface area (Å²) in [6.45, 7) is 7.10. The van der Waals surface area contributed by atoms with Gasteiger partial charge in [-0.25, -0.2) is 4.79 Å². The highest BCUT2D eigenvalue weighted by Crippen LogP contribution is 2.19. The molecule has 0 spiro atoms. The smallest absolute Gasteiger partial charge is 0.338 e. The molecule has 2 rings (SSSR count). The zero-order chi connectivity index (χ0) is 21.9. The normalized spacial score (nSPS) is 10.4. The van der Waals surface area contributed by atoms with Crippen LogP contribution in [0.15, 0.2) is 48.5 Å². The Morgan fingerprint density at radius 2 is 1.73 bits per heavy atom. The van der Waals surface area contributed by atoms with E-state index in [1.807, 2.05) is 13.0 Å². The first-order valence-electron chi connectivity index (χ1n) is 10.0. The maximum absolute atomic E-state index is 12.6. The predicted octanol–water partition coefficient (Wildman–Crippen LogP) is 4.81. The van der Waals surface area contributed by atoms with Crippen molar-refractivity contribution in [2.24, 2.45) is 5.92 Å². The molecule has 0 saturated carbocycles. The van der Waals surface area contributed by atoms with Crippen molar-refractivity contribution in [3.63, 3.8) is 0 Å². The summed E-state index contributed by atoms with van der Waals surface area (Å²) < 4.78 is 10.9. The maximum atomic E-state index is 12.6. The third kappa shape index (κ3) is 7.48. The number of hydrogen-bond acceptors (Lipinski definition) is 5. The highest BCUT2D eigenvalue weighted by atomic mass is 32.1. The number of ether oxygens (including phenoxy) is 2. The molecule has 0 aromatic heterocycles.